The predicted molar refractivity (Wildman–Crippen MR) is 107 cm³/mol. The van der Waals surface area contributed by atoms with Gasteiger partial charge in [-0.2, -0.15) is 0 Å². The van der Waals surface area contributed by atoms with Crippen molar-refractivity contribution < 1.29 is 13.9 Å². The largest absolute Gasteiger partial charge is 0.492 e. The van der Waals surface area contributed by atoms with Crippen LogP contribution in [0.3, 0.4) is 0 Å². The minimum Gasteiger partial charge on any atom is -0.492 e. The van der Waals surface area contributed by atoms with E-state index >= 15 is 0 Å². The number of ether oxygens (including phenoxy) is 1. The molecule has 0 fully saturated rings. The zero-order valence-corrected chi connectivity index (χ0v) is 17.3. The molecule has 0 atom stereocenters. The Morgan fingerprint density at radius 2 is 2.08 bits per heavy atom. The van der Waals surface area contributed by atoms with Gasteiger partial charge in [0.15, 0.2) is 15.6 Å². The quantitative estimate of drug-likeness (QED) is 0.552. The standard InChI is InChI=1S/C18H20BrN3O3S/c1-4-24-12-6-5-7-14-16(12)20-18(26-14)22(11-10-21(2)3)17(23)13-8-9-15(19)25-13/h5-9H,4,10-11H2,1-3H3. The molecule has 26 heavy (non-hydrogen) atoms. The van der Waals surface area contributed by atoms with Crippen LogP contribution in [0.2, 0.25) is 0 Å². The van der Waals surface area contributed by atoms with Gasteiger partial charge >= 0.3 is 0 Å². The Hall–Kier alpha value is -1.90. The van der Waals surface area contributed by atoms with Crippen LogP contribution in [0.25, 0.3) is 10.2 Å². The van der Waals surface area contributed by atoms with Crippen LogP contribution >= 0.6 is 27.3 Å². The highest BCUT2D eigenvalue weighted by molar-refractivity contribution is 9.10. The topological polar surface area (TPSA) is 58.8 Å². The number of fused-ring (bicyclic) bond motifs is 1. The molecule has 1 amide bonds. The third-order valence-electron chi connectivity index (χ3n) is 3.70. The smallest absolute Gasteiger partial charge is 0.295 e. The Kier molecular flexibility index (Phi) is 5.95. The van der Waals surface area contributed by atoms with E-state index in [2.05, 4.69) is 20.9 Å². The summed E-state index contributed by atoms with van der Waals surface area (Å²) in [7, 11) is 3.94. The highest BCUT2D eigenvalue weighted by atomic mass is 79.9. The van der Waals surface area contributed by atoms with Gasteiger partial charge in [0.1, 0.15) is 11.3 Å². The molecule has 0 bridgehead atoms. The lowest BCUT2D eigenvalue weighted by Crippen LogP contribution is -2.36. The zero-order valence-electron chi connectivity index (χ0n) is 14.9. The minimum absolute atomic E-state index is 0.213. The van der Waals surface area contributed by atoms with Crippen molar-refractivity contribution >= 4 is 48.5 Å². The number of nitrogens with zero attached hydrogens (tertiary/aromatic N) is 3. The maximum Gasteiger partial charge on any atom is 0.295 e. The SMILES string of the molecule is CCOc1cccc2sc(N(CCN(C)C)C(=O)c3ccc(Br)o3)nc12. The molecule has 0 aliphatic heterocycles. The van der Waals surface area contributed by atoms with Crippen LogP contribution in [0.15, 0.2) is 39.4 Å². The molecule has 0 spiro atoms. The fourth-order valence-electron chi connectivity index (χ4n) is 2.45. The van der Waals surface area contributed by atoms with E-state index in [1.165, 1.54) is 11.3 Å². The predicted octanol–water partition coefficient (Wildman–Crippen LogP) is 4.26. The summed E-state index contributed by atoms with van der Waals surface area (Å²) in [5, 5.41) is 0.631. The first-order valence-corrected chi connectivity index (χ1v) is 9.85. The number of hydrogen-bond acceptors (Lipinski definition) is 6. The molecule has 3 rings (SSSR count). The van der Waals surface area contributed by atoms with Crippen molar-refractivity contribution in [2.24, 2.45) is 0 Å². The van der Waals surface area contributed by atoms with Crippen molar-refractivity contribution in [2.75, 3.05) is 38.7 Å². The number of aromatic nitrogens is 1. The van der Waals surface area contributed by atoms with E-state index in [0.29, 0.717) is 29.5 Å². The summed E-state index contributed by atoms with van der Waals surface area (Å²) in [6, 6.07) is 9.18. The second-order valence-corrected chi connectivity index (χ2v) is 7.69. The first-order chi connectivity index (χ1) is 12.5. The maximum absolute atomic E-state index is 13.0. The average Bonchev–Trinajstić information content (AvgIpc) is 3.21. The van der Waals surface area contributed by atoms with E-state index < -0.39 is 0 Å². The van der Waals surface area contributed by atoms with Crippen molar-refractivity contribution in [1.82, 2.24) is 9.88 Å². The molecule has 2 heterocycles. The van der Waals surface area contributed by atoms with Crippen LogP contribution in [0, 0.1) is 0 Å². The van der Waals surface area contributed by atoms with Crippen molar-refractivity contribution in [1.29, 1.82) is 0 Å². The molecule has 8 heteroatoms. The van der Waals surface area contributed by atoms with E-state index in [0.717, 1.165) is 16.0 Å². The molecule has 0 N–H and O–H groups in total. The molecule has 0 unspecified atom stereocenters. The number of carbonyl (C=O) groups is 1. The second kappa shape index (κ2) is 8.20. The molecule has 0 aliphatic carbocycles. The fraction of sp³-hybridized carbons (Fsp3) is 0.333. The number of furan rings is 1. The molecule has 0 saturated carbocycles. The number of benzene rings is 1. The summed E-state index contributed by atoms with van der Waals surface area (Å²) in [4.78, 5) is 21.4. The summed E-state index contributed by atoms with van der Waals surface area (Å²) in [6.07, 6.45) is 0. The summed E-state index contributed by atoms with van der Waals surface area (Å²) in [5.74, 6) is 0.794. The number of rotatable bonds is 7. The first kappa shape index (κ1) is 18.9. The van der Waals surface area contributed by atoms with Gasteiger partial charge in [-0.25, -0.2) is 4.98 Å². The monoisotopic (exact) mass is 437 g/mol. The van der Waals surface area contributed by atoms with Gasteiger partial charge in [-0.05, 0) is 61.2 Å². The van der Waals surface area contributed by atoms with Gasteiger partial charge in [0.25, 0.3) is 5.91 Å². The average molecular weight is 438 g/mol. The Morgan fingerprint density at radius 1 is 1.27 bits per heavy atom. The maximum atomic E-state index is 13.0. The lowest BCUT2D eigenvalue weighted by molar-refractivity contribution is 0.0957. The summed E-state index contributed by atoms with van der Waals surface area (Å²) < 4.78 is 12.6. The van der Waals surface area contributed by atoms with Gasteiger partial charge < -0.3 is 14.1 Å². The lowest BCUT2D eigenvalue weighted by Gasteiger charge is -2.20. The van der Waals surface area contributed by atoms with Gasteiger partial charge in [0.2, 0.25) is 0 Å². The van der Waals surface area contributed by atoms with E-state index in [1.54, 1.807) is 17.0 Å². The molecule has 3 aromatic rings. The number of amides is 1. The van der Waals surface area contributed by atoms with Crippen LogP contribution in [0.4, 0.5) is 5.13 Å². The molecule has 1 aromatic carbocycles. The first-order valence-electron chi connectivity index (χ1n) is 8.24. The Labute approximate surface area is 164 Å². The van der Waals surface area contributed by atoms with Crippen molar-refractivity contribution in [3.8, 4) is 5.75 Å². The van der Waals surface area contributed by atoms with Crippen molar-refractivity contribution in [2.45, 2.75) is 6.92 Å². The molecule has 0 aliphatic rings. The van der Waals surface area contributed by atoms with E-state index in [-0.39, 0.29) is 11.7 Å². The van der Waals surface area contributed by atoms with Crippen LogP contribution in [-0.4, -0.2) is 49.6 Å². The molecule has 0 saturated heterocycles. The van der Waals surface area contributed by atoms with Gasteiger partial charge in [-0.1, -0.05) is 17.4 Å². The third kappa shape index (κ3) is 4.08. The highest BCUT2D eigenvalue weighted by Gasteiger charge is 2.24. The molecule has 138 valence electrons. The van der Waals surface area contributed by atoms with Gasteiger partial charge in [0, 0.05) is 13.1 Å². The zero-order chi connectivity index (χ0) is 18.7. The van der Waals surface area contributed by atoms with Crippen LogP contribution < -0.4 is 9.64 Å². The Morgan fingerprint density at radius 3 is 2.73 bits per heavy atom. The van der Waals surface area contributed by atoms with Crippen LogP contribution in [0.5, 0.6) is 5.75 Å². The van der Waals surface area contributed by atoms with E-state index in [9.17, 15) is 4.79 Å². The normalized spacial score (nSPS) is 11.3. The Bertz CT molecular complexity index is 906. The summed E-state index contributed by atoms with van der Waals surface area (Å²) in [5.41, 5.74) is 0.776. The number of halogens is 1. The highest BCUT2D eigenvalue weighted by Crippen LogP contribution is 2.35. The molecular formula is C18H20BrN3O3S. The number of hydrogen-bond donors (Lipinski definition) is 0. The molecule has 0 radical (unpaired) electrons. The number of para-hydroxylation sites is 1. The van der Waals surface area contributed by atoms with Gasteiger partial charge in [0.05, 0.1) is 11.3 Å². The molecular weight excluding hydrogens is 418 g/mol. The number of likely N-dealkylation sites (N-methyl/N-ethyl adjacent to an activating group) is 1. The fourth-order valence-corrected chi connectivity index (χ4v) is 3.76. The van der Waals surface area contributed by atoms with Crippen LogP contribution in [0.1, 0.15) is 17.5 Å². The van der Waals surface area contributed by atoms with Gasteiger partial charge in [-0.3, -0.25) is 9.69 Å². The minimum atomic E-state index is -0.213. The van der Waals surface area contributed by atoms with Crippen molar-refractivity contribution in [3.63, 3.8) is 0 Å². The summed E-state index contributed by atoms with van der Waals surface area (Å²) >= 11 is 4.72. The summed E-state index contributed by atoms with van der Waals surface area (Å²) in [6.45, 7) is 3.72. The number of thiazole rings is 1. The Balaban J connectivity index is 1.99. The third-order valence-corrected chi connectivity index (χ3v) is 5.17. The van der Waals surface area contributed by atoms with Crippen molar-refractivity contribution in [3.05, 3.63) is 40.8 Å². The molecule has 6 nitrogen and oxygen atoms in total. The second-order valence-electron chi connectivity index (χ2n) is 5.90. The van der Waals surface area contributed by atoms with E-state index in [1.807, 2.05) is 44.1 Å². The lowest BCUT2D eigenvalue weighted by atomic mass is 10.3. The molecule has 2 aromatic heterocycles. The van der Waals surface area contributed by atoms with E-state index in [4.69, 9.17) is 9.15 Å². The van der Waals surface area contributed by atoms with Gasteiger partial charge in [-0.15, -0.1) is 0 Å². The number of carbonyl (C=O) groups excluding carboxylic acids is 1. The van der Waals surface area contributed by atoms with Crippen LogP contribution in [-0.2, 0) is 0 Å². The number of anilines is 1.